The maximum absolute atomic E-state index is 12.6. The van der Waals surface area contributed by atoms with E-state index in [0.29, 0.717) is 13.0 Å². The highest BCUT2D eigenvalue weighted by Crippen LogP contribution is 2.40. The van der Waals surface area contributed by atoms with Gasteiger partial charge in [-0.05, 0) is 48.9 Å². The Morgan fingerprint density at radius 1 is 1.03 bits per heavy atom. The summed E-state index contributed by atoms with van der Waals surface area (Å²) in [6.07, 6.45) is 4.25. The van der Waals surface area contributed by atoms with E-state index in [2.05, 4.69) is 28.6 Å². The minimum Gasteiger partial charge on any atom is -0.361 e. The minimum absolute atomic E-state index is 0.0227. The summed E-state index contributed by atoms with van der Waals surface area (Å²) in [4.78, 5) is 28.3. The monoisotopic (exact) mass is 389 g/mol. The number of para-hydroxylation sites is 2. The fourth-order valence-corrected chi connectivity index (χ4v) is 3.98. The third-order valence-corrected chi connectivity index (χ3v) is 5.82. The molecule has 0 radical (unpaired) electrons. The summed E-state index contributed by atoms with van der Waals surface area (Å²) in [6, 6.07) is 14.2. The molecular weight excluding hydrogens is 362 g/mol. The zero-order chi connectivity index (χ0) is 20.4. The van der Waals surface area contributed by atoms with Crippen LogP contribution >= 0.6 is 0 Å². The van der Waals surface area contributed by atoms with Crippen LogP contribution in [0.15, 0.2) is 48.7 Å². The molecule has 0 aliphatic heterocycles. The van der Waals surface area contributed by atoms with Crippen molar-refractivity contribution in [1.82, 2.24) is 10.3 Å². The standard InChI is InChI=1S/C24H27N3O2/c1-3-16-8-6-7-15(2)22(16)27-24(29)20-13-19(20)23(28)25-12-11-17-14-26-21-10-5-4-9-18(17)21/h4-10,14,19-20,26H,3,11-13H2,1-2H3,(H,25,28)(H,27,29). The topological polar surface area (TPSA) is 74.0 Å². The fraction of sp³-hybridized carbons (Fsp3) is 0.333. The predicted molar refractivity (Wildman–Crippen MR) is 116 cm³/mol. The molecule has 0 spiro atoms. The average Bonchev–Trinajstić information content (AvgIpc) is 3.44. The Hall–Kier alpha value is -3.08. The normalized spacial score (nSPS) is 17.9. The molecule has 0 saturated heterocycles. The number of aromatic nitrogens is 1. The molecule has 1 saturated carbocycles. The molecule has 4 rings (SSSR count). The van der Waals surface area contributed by atoms with Crippen LogP contribution in [-0.2, 0) is 22.4 Å². The number of hydrogen-bond acceptors (Lipinski definition) is 2. The summed E-state index contributed by atoms with van der Waals surface area (Å²) in [6.45, 7) is 4.64. The molecule has 150 valence electrons. The lowest BCUT2D eigenvalue weighted by Gasteiger charge is -2.13. The number of aryl methyl sites for hydroxylation is 2. The second-order valence-corrected chi connectivity index (χ2v) is 7.80. The van der Waals surface area contributed by atoms with Crippen LogP contribution in [0.2, 0.25) is 0 Å². The SMILES string of the molecule is CCc1cccc(C)c1NC(=O)C1CC1C(=O)NCCc1c[nH]c2ccccc12. The van der Waals surface area contributed by atoms with Gasteiger partial charge in [0.2, 0.25) is 11.8 Å². The molecule has 3 aromatic rings. The van der Waals surface area contributed by atoms with Crippen LogP contribution in [0.3, 0.4) is 0 Å². The quantitative estimate of drug-likeness (QED) is 0.572. The van der Waals surface area contributed by atoms with E-state index in [1.165, 1.54) is 10.9 Å². The maximum atomic E-state index is 12.6. The van der Waals surface area contributed by atoms with Crippen LogP contribution in [0.4, 0.5) is 5.69 Å². The lowest BCUT2D eigenvalue weighted by atomic mass is 10.1. The number of rotatable bonds is 7. The first kappa shape index (κ1) is 19.2. The summed E-state index contributed by atoms with van der Waals surface area (Å²) < 4.78 is 0. The van der Waals surface area contributed by atoms with Crippen molar-refractivity contribution in [3.05, 3.63) is 65.4 Å². The van der Waals surface area contributed by atoms with Crippen molar-refractivity contribution in [3.8, 4) is 0 Å². The summed E-state index contributed by atoms with van der Waals surface area (Å²) in [5.41, 5.74) is 5.37. The van der Waals surface area contributed by atoms with E-state index in [9.17, 15) is 9.59 Å². The molecule has 1 heterocycles. The Kier molecular flexibility index (Phi) is 5.38. The number of anilines is 1. The number of nitrogens with one attached hydrogen (secondary N) is 3. The van der Waals surface area contributed by atoms with Crippen LogP contribution < -0.4 is 10.6 Å². The molecule has 1 fully saturated rings. The van der Waals surface area contributed by atoms with Gasteiger partial charge in [0.25, 0.3) is 0 Å². The number of hydrogen-bond donors (Lipinski definition) is 3. The molecule has 2 aromatic carbocycles. The number of aromatic amines is 1. The van der Waals surface area contributed by atoms with Crippen molar-refractivity contribution in [1.29, 1.82) is 0 Å². The molecular formula is C24H27N3O2. The number of amides is 2. The smallest absolute Gasteiger partial charge is 0.228 e. The Bertz CT molecular complexity index is 1050. The zero-order valence-corrected chi connectivity index (χ0v) is 16.9. The second-order valence-electron chi connectivity index (χ2n) is 7.80. The molecule has 1 aliphatic carbocycles. The highest BCUT2D eigenvalue weighted by atomic mass is 16.2. The summed E-state index contributed by atoms with van der Waals surface area (Å²) in [7, 11) is 0. The molecule has 5 nitrogen and oxygen atoms in total. The molecule has 0 bridgehead atoms. The first-order chi connectivity index (χ1) is 14.1. The van der Waals surface area contributed by atoms with Gasteiger partial charge in [0.15, 0.2) is 0 Å². The summed E-state index contributed by atoms with van der Waals surface area (Å²) in [5, 5.41) is 7.24. The summed E-state index contributed by atoms with van der Waals surface area (Å²) in [5.74, 6) is -0.518. The molecule has 1 aromatic heterocycles. The van der Waals surface area contributed by atoms with Gasteiger partial charge in [0.05, 0.1) is 11.8 Å². The number of fused-ring (bicyclic) bond motifs is 1. The number of carbonyl (C=O) groups excluding carboxylic acids is 2. The van der Waals surface area contributed by atoms with E-state index >= 15 is 0 Å². The van der Waals surface area contributed by atoms with Gasteiger partial charge >= 0.3 is 0 Å². The first-order valence-electron chi connectivity index (χ1n) is 10.3. The Labute approximate surface area is 170 Å². The van der Waals surface area contributed by atoms with Gasteiger partial charge in [-0.15, -0.1) is 0 Å². The van der Waals surface area contributed by atoms with E-state index < -0.39 is 0 Å². The van der Waals surface area contributed by atoms with Crippen molar-refractivity contribution in [2.24, 2.45) is 11.8 Å². The van der Waals surface area contributed by atoms with Crippen molar-refractivity contribution in [3.63, 3.8) is 0 Å². The third kappa shape index (κ3) is 4.04. The highest BCUT2D eigenvalue weighted by Gasteiger charge is 2.48. The van der Waals surface area contributed by atoms with E-state index in [4.69, 9.17) is 0 Å². The van der Waals surface area contributed by atoms with Crippen LogP contribution in [-0.4, -0.2) is 23.3 Å². The van der Waals surface area contributed by atoms with Gasteiger partial charge < -0.3 is 15.6 Å². The fourth-order valence-electron chi connectivity index (χ4n) is 3.98. The lowest BCUT2D eigenvalue weighted by molar-refractivity contribution is -0.125. The molecule has 29 heavy (non-hydrogen) atoms. The number of carbonyl (C=O) groups is 2. The third-order valence-electron chi connectivity index (χ3n) is 5.82. The zero-order valence-electron chi connectivity index (χ0n) is 16.9. The van der Waals surface area contributed by atoms with Crippen LogP contribution in [0.1, 0.15) is 30.0 Å². The largest absolute Gasteiger partial charge is 0.361 e. The Morgan fingerprint density at radius 2 is 1.83 bits per heavy atom. The van der Waals surface area contributed by atoms with Gasteiger partial charge in [0, 0.05) is 29.3 Å². The maximum Gasteiger partial charge on any atom is 0.228 e. The van der Waals surface area contributed by atoms with Crippen molar-refractivity contribution < 1.29 is 9.59 Å². The predicted octanol–water partition coefficient (Wildman–Crippen LogP) is 3.97. The molecule has 2 unspecified atom stereocenters. The molecule has 2 atom stereocenters. The van der Waals surface area contributed by atoms with E-state index in [1.54, 1.807) is 0 Å². The molecule has 5 heteroatoms. The summed E-state index contributed by atoms with van der Waals surface area (Å²) >= 11 is 0. The molecule has 2 amide bonds. The Balaban J connectivity index is 1.29. The second kappa shape index (κ2) is 8.11. The van der Waals surface area contributed by atoms with E-state index in [1.807, 2.05) is 49.5 Å². The van der Waals surface area contributed by atoms with Gasteiger partial charge in [-0.25, -0.2) is 0 Å². The minimum atomic E-state index is -0.229. The average molecular weight is 389 g/mol. The Morgan fingerprint density at radius 3 is 2.66 bits per heavy atom. The number of H-pyrrole nitrogens is 1. The lowest BCUT2D eigenvalue weighted by Crippen LogP contribution is -2.29. The van der Waals surface area contributed by atoms with Crippen LogP contribution in [0.5, 0.6) is 0 Å². The molecule has 3 N–H and O–H groups in total. The molecule has 1 aliphatic rings. The van der Waals surface area contributed by atoms with Crippen molar-refractivity contribution in [2.45, 2.75) is 33.1 Å². The van der Waals surface area contributed by atoms with E-state index in [0.717, 1.165) is 35.2 Å². The van der Waals surface area contributed by atoms with Crippen molar-refractivity contribution in [2.75, 3.05) is 11.9 Å². The van der Waals surface area contributed by atoms with Gasteiger partial charge in [0.1, 0.15) is 0 Å². The van der Waals surface area contributed by atoms with E-state index in [-0.39, 0.29) is 23.7 Å². The number of benzene rings is 2. The van der Waals surface area contributed by atoms with Gasteiger partial charge in [-0.1, -0.05) is 43.3 Å². The first-order valence-corrected chi connectivity index (χ1v) is 10.3. The van der Waals surface area contributed by atoms with Gasteiger partial charge in [-0.2, -0.15) is 0 Å². The van der Waals surface area contributed by atoms with Crippen LogP contribution in [0, 0.1) is 18.8 Å². The highest BCUT2D eigenvalue weighted by molar-refractivity contribution is 6.00. The van der Waals surface area contributed by atoms with Gasteiger partial charge in [-0.3, -0.25) is 9.59 Å². The van der Waals surface area contributed by atoms with Crippen LogP contribution in [0.25, 0.3) is 10.9 Å². The van der Waals surface area contributed by atoms with Crippen molar-refractivity contribution >= 4 is 28.4 Å².